The van der Waals surface area contributed by atoms with E-state index in [1.807, 2.05) is 60.7 Å². The highest BCUT2D eigenvalue weighted by atomic mass is 16.5. The molecule has 156 valence electrons. The summed E-state index contributed by atoms with van der Waals surface area (Å²) in [5, 5.41) is 11.6. The van der Waals surface area contributed by atoms with Crippen LogP contribution in [0.1, 0.15) is 11.1 Å². The van der Waals surface area contributed by atoms with Crippen LogP contribution in [0.5, 0.6) is 0 Å². The molecule has 1 amide bonds. The van der Waals surface area contributed by atoms with Gasteiger partial charge in [0.1, 0.15) is 11.7 Å². The van der Waals surface area contributed by atoms with E-state index >= 15 is 0 Å². The Kier molecular flexibility index (Phi) is 5.45. The van der Waals surface area contributed by atoms with Gasteiger partial charge < -0.3 is 19.5 Å². The van der Waals surface area contributed by atoms with E-state index in [-0.39, 0.29) is 12.5 Å². The second-order valence-corrected chi connectivity index (χ2v) is 7.79. The van der Waals surface area contributed by atoms with Gasteiger partial charge in [-0.05, 0) is 22.8 Å². The molecule has 0 bridgehead atoms. The van der Waals surface area contributed by atoms with Crippen LogP contribution in [0, 0.1) is 11.8 Å². The zero-order valence-electron chi connectivity index (χ0n) is 17.0. The number of benzene rings is 2. The number of carbonyl (C=O) groups is 2. The summed E-state index contributed by atoms with van der Waals surface area (Å²) in [6, 6.07) is 18.9. The van der Waals surface area contributed by atoms with Gasteiger partial charge in [0.15, 0.2) is 0 Å². The van der Waals surface area contributed by atoms with E-state index in [1.54, 1.807) is 11.0 Å². The zero-order valence-corrected chi connectivity index (χ0v) is 17.0. The van der Waals surface area contributed by atoms with Crippen LogP contribution in [0.3, 0.4) is 0 Å². The third kappa shape index (κ3) is 3.32. The van der Waals surface area contributed by atoms with Gasteiger partial charge >= 0.3 is 5.97 Å². The first-order valence-electron chi connectivity index (χ1n) is 9.92. The van der Waals surface area contributed by atoms with Crippen LogP contribution >= 0.6 is 0 Å². The molecule has 4 atom stereocenters. The highest BCUT2D eigenvalue weighted by molar-refractivity contribution is 5.98. The monoisotopic (exact) mass is 407 g/mol. The van der Waals surface area contributed by atoms with Crippen molar-refractivity contribution < 1.29 is 24.2 Å². The standard InChI is InChI=1S/C24H25NO5/c1-29-19-13-18(17-11-7-4-8-12-17)20(23(27)30-2)21-22(26)25(15-24(19,21)28)14-16-9-5-3-6-10-16/h3-13,19-21,28H,14-15H2,1-2H3. The number of hydrogen-bond acceptors (Lipinski definition) is 5. The Hall–Kier alpha value is -2.96. The molecule has 6 nitrogen and oxygen atoms in total. The van der Waals surface area contributed by atoms with Crippen molar-refractivity contribution in [2.24, 2.45) is 11.8 Å². The molecule has 4 rings (SSSR count). The molecule has 1 fully saturated rings. The van der Waals surface area contributed by atoms with Crippen molar-refractivity contribution >= 4 is 17.4 Å². The predicted molar refractivity (Wildman–Crippen MR) is 111 cm³/mol. The van der Waals surface area contributed by atoms with E-state index < -0.39 is 29.5 Å². The van der Waals surface area contributed by atoms with Crippen molar-refractivity contribution in [2.75, 3.05) is 20.8 Å². The normalized spacial score (nSPS) is 28.1. The first kappa shape index (κ1) is 20.3. The Bertz CT molecular complexity index is 958. The first-order valence-corrected chi connectivity index (χ1v) is 9.92. The van der Waals surface area contributed by atoms with E-state index in [9.17, 15) is 14.7 Å². The quantitative estimate of drug-likeness (QED) is 0.770. The summed E-state index contributed by atoms with van der Waals surface area (Å²) in [4.78, 5) is 28.0. The van der Waals surface area contributed by atoms with Crippen LogP contribution in [0.15, 0.2) is 66.7 Å². The third-order valence-corrected chi connectivity index (χ3v) is 6.08. The number of aliphatic hydroxyl groups is 1. The lowest BCUT2D eigenvalue weighted by Crippen LogP contribution is -2.56. The van der Waals surface area contributed by atoms with Crippen molar-refractivity contribution in [1.82, 2.24) is 4.90 Å². The molecule has 0 saturated carbocycles. The van der Waals surface area contributed by atoms with Gasteiger partial charge in [0.25, 0.3) is 0 Å². The van der Waals surface area contributed by atoms with Gasteiger partial charge in [-0.15, -0.1) is 0 Å². The number of β-amino-alcohol motifs (C(OH)–C–C–N with tert-alkyl or cyclic N) is 1. The lowest BCUT2D eigenvalue weighted by molar-refractivity contribution is -0.157. The molecule has 2 aliphatic rings. The second kappa shape index (κ2) is 8.05. The van der Waals surface area contributed by atoms with Crippen LogP contribution in [0.25, 0.3) is 5.57 Å². The van der Waals surface area contributed by atoms with Crippen molar-refractivity contribution in [3.05, 3.63) is 77.9 Å². The SMILES string of the molecule is COC(=O)C1C(c2ccccc2)=CC(OC)C2(O)CN(Cc3ccccc3)C(=O)C12. The van der Waals surface area contributed by atoms with Crippen LogP contribution in [-0.2, 0) is 25.6 Å². The minimum absolute atomic E-state index is 0.0793. The Labute approximate surface area is 175 Å². The van der Waals surface area contributed by atoms with Gasteiger partial charge in [-0.2, -0.15) is 0 Å². The van der Waals surface area contributed by atoms with Crippen LogP contribution in [0.4, 0.5) is 0 Å². The van der Waals surface area contributed by atoms with E-state index in [2.05, 4.69) is 0 Å². The molecule has 1 aliphatic carbocycles. The molecule has 6 heteroatoms. The van der Waals surface area contributed by atoms with Crippen molar-refractivity contribution in [1.29, 1.82) is 0 Å². The number of nitrogens with zero attached hydrogens (tertiary/aromatic N) is 1. The van der Waals surface area contributed by atoms with Crippen LogP contribution in [-0.4, -0.2) is 54.4 Å². The third-order valence-electron chi connectivity index (χ3n) is 6.08. The Morgan fingerprint density at radius 2 is 1.73 bits per heavy atom. The van der Waals surface area contributed by atoms with E-state index in [1.165, 1.54) is 14.2 Å². The maximum atomic E-state index is 13.5. The smallest absolute Gasteiger partial charge is 0.314 e. The lowest BCUT2D eigenvalue weighted by Gasteiger charge is -2.41. The average molecular weight is 407 g/mol. The van der Waals surface area contributed by atoms with Crippen LogP contribution < -0.4 is 0 Å². The Morgan fingerprint density at radius 3 is 2.33 bits per heavy atom. The molecule has 1 heterocycles. The van der Waals surface area contributed by atoms with Crippen molar-refractivity contribution in [3.63, 3.8) is 0 Å². The van der Waals surface area contributed by atoms with E-state index in [4.69, 9.17) is 9.47 Å². The number of ether oxygens (including phenoxy) is 2. The van der Waals surface area contributed by atoms with Gasteiger partial charge in [0.2, 0.25) is 5.91 Å². The summed E-state index contributed by atoms with van der Waals surface area (Å²) in [6.45, 7) is 0.430. The molecule has 0 aromatic heterocycles. The van der Waals surface area contributed by atoms with Gasteiger partial charge in [0, 0.05) is 13.7 Å². The summed E-state index contributed by atoms with van der Waals surface area (Å²) >= 11 is 0. The molecule has 1 saturated heterocycles. The summed E-state index contributed by atoms with van der Waals surface area (Å²) in [5.41, 5.74) is 0.857. The topological polar surface area (TPSA) is 76.1 Å². The van der Waals surface area contributed by atoms with Crippen molar-refractivity contribution in [2.45, 2.75) is 18.2 Å². The molecule has 2 aromatic rings. The summed E-state index contributed by atoms with van der Waals surface area (Å²) in [6.07, 6.45) is 1.02. The van der Waals surface area contributed by atoms with Crippen LogP contribution in [0.2, 0.25) is 0 Å². The highest BCUT2D eigenvalue weighted by Gasteiger charge is 2.63. The van der Waals surface area contributed by atoms with Gasteiger partial charge in [0.05, 0.1) is 25.5 Å². The molecule has 1 N–H and O–H groups in total. The van der Waals surface area contributed by atoms with E-state index in [0.717, 1.165) is 11.1 Å². The Morgan fingerprint density at radius 1 is 1.10 bits per heavy atom. The molecular weight excluding hydrogens is 382 g/mol. The molecule has 0 radical (unpaired) electrons. The van der Waals surface area contributed by atoms with Gasteiger partial charge in [-0.3, -0.25) is 9.59 Å². The average Bonchev–Trinajstić information content (AvgIpc) is 3.03. The number of methoxy groups -OCH3 is 2. The lowest BCUT2D eigenvalue weighted by atomic mass is 9.67. The minimum atomic E-state index is -1.53. The summed E-state index contributed by atoms with van der Waals surface area (Å²) < 4.78 is 10.7. The number of rotatable bonds is 5. The maximum Gasteiger partial charge on any atom is 0.314 e. The fourth-order valence-electron chi connectivity index (χ4n) is 4.69. The Balaban J connectivity index is 1.78. The molecule has 0 spiro atoms. The molecular formula is C24H25NO5. The van der Waals surface area contributed by atoms with Gasteiger partial charge in [-0.25, -0.2) is 0 Å². The summed E-state index contributed by atoms with van der Waals surface area (Å²) in [5.74, 6) is -2.72. The number of carbonyl (C=O) groups excluding carboxylic acids is 2. The predicted octanol–water partition coefficient (Wildman–Crippen LogP) is 2.28. The number of hydrogen-bond donors (Lipinski definition) is 1. The number of esters is 1. The summed E-state index contributed by atoms with van der Waals surface area (Å²) in [7, 11) is 2.80. The van der Waals surface area contributed by atoms with Crippen molar-refractivity contribution in [3.8, 4) is 0 Å². The molecule has 1 aliphatic heterocycles. The second-order valence-electron chi connectivity index (χ2n) is 7.79. The number of fused-ring (bicyclic) bond motifs is 1. The number of amides is 1. The first-order chi connectivity index (χ1) is 14.5. The largest absolute Gasteiger partial charge is 0.469 e. The molecule has 4 unspecified atom stereocenters. The fourth-order valence-corrected chi connectivity index (χ4v) is 4.69. The van der Waals surface area contributed by atoms with E-state index in [0.29, 0.717) is 12.1 Å². The highest BCUT2D eigenvalue weighted by Crippen LogP contribution is 2.48. The van der Waals surface area contributed by atoms with Gasteiger partial charge in [-0.1, -0.05) is 60.7 Å². The fraction of sp³-hybridized carbons (Fsp3) is 0.333. The molecule has 2 aromatic carbocycles. The maximum absolute atomic E-state index is 13.5. The zero-order chi connectivity index (χ0) is 21.3. The molecule has 30 heavy (non-hydrogen) atoms. The number of likely N-dealkylation sites (tertiary alicyclic amines) is 1. The minimum Gasteiger partial charge on any atom is -0.469 e.